The Morgan fingerprint density at radius 1 is 1.11 bits per heavy atom. The van der Waals surface area contributed by atoms with Crippen LogP contribution in [0.4, 0.5) is 8.78 Å². The zero-order valence-corrected chi connectivity index (χ0v) is 9.77. The molecule has 0 aliphatic carbocycles. The molecule has 98 valence electrons. The third-order valence-corrected chi connectivity index (χ3v) is 2.53. The molecule has 0 atom stereocenters. The fourth-order valence-corrected chi connectivity index (χ4v) is 1.51. The Balaban J connectivity index is 2.06. The molecule has 0 saturated carbocycles. The van der Waals surface area contributed by atoms with Crippen molar-refractivity contribution in [2.75, 3.05) is 0 Å². The molecular formula is C14H10F2O3. The van der Waals surface area contributed by atoms with Gasteiger partial charge in [-0.25, -0.2) is 13.6 Å². The number of hydrogen-bond donors (Lipinski definition) is 1. The monoisotopic (exact) mass is 264 g/mol. The third-order valence-electron chi connectivity index (χ3n) is 2.53. The molecular weight excluding hydrogens is 254 g/mol. The van der Waals surface area contributed by atoms with Gasteiger partial charge < -0.3 is 9.84 Å². The van der Waals surface area contributed by atoms with Gasteiger partial charge in [0.2, 0.25) is 0 Å². The second kappa shape index (κ2) is 5.48. The lowest BCUT2D eigenvalue weighted by molar-refractivity contribution is 0.0697. The summed E-state index contributed by atoms with van der Waals surface area (Å²) in [5.41, 5.74) is 0.228. The first-order valence-electron chi connectivity index (χ1n) is 5.47. The molecule has 0 aliphatic rings. The molecule has 0 radical (unpaired) electrons. The zero-order valence-electron chi connectivity index (χ0n) is 9.77. The van der Waals surface area contributed by atoms with Crippen molar-refractivity contribution in [1.82, 2.24) is 0 Å². The van der Waals surface area contributed by atoms with Crippen molar-refractivity contribution in [2.24, 2.45) is 0 Å². The van der Waals surface area contributed by atoms with E-state index in [0.717, 1.165) is 6.07 Å². The van der Waals surface area contributed by atoms with Crippen LogP contribution in [0.3, 0.4) is 0 Å². The van der Waals surface area contributed by atoms with Crippen LogP contribution in [0.2, 0.25) is 0 Å². The summed E-state index contributed by atoms with van der Waals surface area (Å²) in [4.78, 5) is 10.6. The van der Waals surface area contributed by atoms with Crippen LogP contribution in [0.15, 0.2) is 42.5 Å². The van der Waals surface area contributed by atoms with E-state index in [-0.39, 0.29) is 17.7 Å². The first kappa shape index (κ1) is 13.0. The fraction of sp³-hybridized carbons (Fsp3) is 0.0714. The second-order valence-corrected chi connectivity index (χ2v) is 3.83. The van der Waals surface area contributed by atoms with Gasteiger partial charge in [-0.1, -0.05) is 12.1 Å². The highest BCUT2D eigenvalue weighted by molar-refractivity contribution is 5.87. The quantitative estimate of drug-likeness (QED) is 0.922. The number of carboxylic acid groups (broad SMARTS) is 1. The number of carbonyl (C=O) groups is 1. The van der Waals surface area contributed by atoms with Crippen LogP contribution >= 0.6 is 0 Å². The molecule has 2 rings (SSSR count). The first-order chi connectivity index (χ1) is 9.08. The summed E-state index contributed by atoms with van der Waals surface area (Å²) in [5, 5.41) is 8.72. The molecule has 0 heterocycles. The van der Waals surface area contributed by atoms with Crippen LogP contribution in [0.5, 0.6) is 5.75 Å². The predicted molar refractivity (Wildman–Crippen MR) is 64.1 cm³/mol. The summed E-state index contributed by atoms with van der Waals surface area (Å²) in [6, 6.07) is 9.51. The molecule has 1 N–H and O–H groups in total. The SMILES string of the molecule is O=C(O)c1ccc(OCc2cccc(F)c2F)cc1. The van der Waals surface area contributed by atoms with Gasteiger partial charge in [-0.15, -0.1) is 0 Å². The Hall–Kier alpha value is -2.43. The van der Waals surface area contributed by atoms with Crippen LogP contribution in [0.25, 0.3) is 0 Å². The molecule has 0 aromatic heterocycles. The molecule has 3 nitrogen and oxygen atoms in total. The number of halogens is 2. The average Bonchev–Trinajstić information content (AvgIpc) is 2.41. The minimum absolute atomic E-state index is 0.0994. The highest BCUT2D eigenvalue weighted by Gasteiger charge is 2.08. The van der Waals surface area contributed by atoms with Crippen molar-refractivity contribution < 1.29 is 23.4 Å². The molecule has 0 amide bonds. The van der Waals surface area contributed by atoms with Crippen molar-refractivity contribution in [1.29, 1.82) is 0 Å². The molecule has 5 heteroatoms. The third kappa shape index (κ3) is 3.07. The molecule has 2 aromatic carbocycles. The van der Waals surface area contributed by atoms with Gasteiger partial charge in [-0.05, 0) is 30.3 Å². The summed E-state index contributed by atoms with van der Waals surface area (Å²) in [6.07, 6.45) is 0. The lowest BCUT2D eigenvalue weighted by Gasteiger charge is -2.07. The van der Waals surface area contributed by atoms with Crippen molar-refractivity contribution in [3.05, 3.63) is 65.2 Å². The van der Waals surface area contributed by atoms with Gasteiger partial charge in [-0.2, -0.15) is 0 Å². The lowest BCUT2D eigenvalue weighted by atomic mass is 10.2. The van der Waals surface area contributed by atoms with Gasteiger partial charge in [0, 0.05) is 5.56 Å². The van der Waals surface area contributed by atoms with E-state index >= 15 is 0 Å². The molecule has 0 unspecified atom stereocenters. The Morgan fingerprint density at radius 3 is 2.42 bits per heavy atom. The first-order valence-corrected chi connectivity index (χ1v) is 5.47. The molecule has 0 fully saturated rings. The normalized spacial score (nSPS) is 10.2. The number of carboxylic acids is 1. The predicted octanol–water partition coefficient (Wildman–Crippen LogP) is 3.24. The van der Waals surface area contributed by atoms with Gasteiger partial charge >= 0.3 is 5.97 Å². The smallest absolute Gasteiger partial charge is 0.335 e. The molecule has 19 heavy (non-hydrogen) atoms. The van der Waals surface area contributed by atoms with Gasteiger partial charge in [0.1, 0.15) is 12.4 Å². The number of aromatic carboxylic acids is 1. The highest BCUT2D eigenvalue weighted by atomic mass is 19.2. The summed E-state index contributed by atoms with van der Waals surface area (Å²) in [5.74, 6) is -2.52. The minimum Gasteiger partial charge on any atom is -0.489 e. The second-order valence-electron chi connectivity index (χ2n) is 3.83. The van der Waals surface area contributed by atoms with Crippen molar-refractivity contribution >= 4 is 5.97 Å². The fourth-order valence-electron chi connectivity index (χ4n) is 1.51. The Morgan fingerprint density at radius 2 is 1.79 bits per heavy atom. The Labute approximate surface area is 108 Å². The topological polar surface area (TPSA) is 46.5 Å². The standard InChI is InChI=1S/C14H10F2O3/c15-12-3-1-2-10(13(12)16)8-19-11-6-4-9(5-7-11)14(17)18/h1-7H,8H2,(H,17,18). The maximum absolute atomic E-state index is 13.3. The van der Waals surface area contributed by atoms with Crippen LogP contribution < -0.4 is 4.74 Å². The molecule has 0 saturated heterocycles. The summed E-state index contributed by atoms with van der Waals surface area (Å²) in [7, 11) is 0. The Kier molecular flexibility index (Phi) is 3.75. The largest absolute Gasteiger partial charge is 0.489 e. The van der Waals surface area contributed by atoms with E-state index in [1.165, 1.54) is 36.4 Å². The van der Waals surface area contributed by atoms with E-state index in [2.05, 4.69) is 0 Å². The number of ether oxygens (including phenoxy) is 1. The number of hydrogen-bond acceptors (Lipinski definition) is 2. The van der Waals surface area contributed by atoms with Crippen LogP contribution in [-0.2, 0) is 6.61 Å². The van der Waals surface area contributed by atoms with Crippen LogP contribution in [0, 0.1) is 11.6 Å². The number of rotatable bonds is 4. The molecule has 0 aliphatic heterocycles. The lowest BCUT2D eigenvalue weighted by Crippen LogP contribution is -2.01. The van der Waals surface area contributed by atoms with E-state index in [9.17, 15) is 13.6 Å². The van der Waals surface area contributed by atoms with Crippen LogP contribution in [-0.4, -0.2) is 11.1 Å². The average molecular weight is 264 g/mol. The minimum atomic E-state index is -1.04. The number of benzene rings is 2. The van der Waals surface area contributed by atoms with E-state index in [4.69, 9.17) is 9.84 Å². The van der Waals surface area contributed by atoms with E-state index in [1.54, 1.807) is 0 Å². The van der Waals surface area contributed by atoms with E-state index < -0.39 is 17.6 Å². The summed E-state index contributed by atoms with van der Waals surface area (Å²) in [6.45, 7) is -0.129. The molecule has 2 aromatic rings. The van der Waals surface area contributed by atoms with Crippen molar-refractivity contribution in [3.63, 3.8) is 0 Å². The van der Waals surface area contributed by atoms with E-state index in [1.807, 2.05) is 0 Å². The Bertz CT molecular complexity index is 594. The maximum atomic E-state index is 13.3. The van der Waals surface area contributed by atoms with Gasteiger partial charge in [-0.3, -0.25) is 0 Å². The van der Waals surface area contributed by atoms with Gasteiger partial charge in [0.05, 0.1) is 5.56 Å². The molecule has 0 spiro atoms. The van der Waals surface area contributed by atoms with Crippen LogP contribution in [0.1, 0.15) is 15.9 Å². The van der Waals surface area contributed by atoms with Crippen molar-refractivity contribution in [3.8, 4) is 5.75 Å². The zero-order chi connectivity index (χ0) is 13.8. The van der Waals surface area contributed by atoms with Crippen molar-refractivity contribution in [2.45, 2.75) is 6.61 Å². The molecule has 0 bridgehead atoms. The van der Waals surface area contributed by atoms with Gasteiger partial charge in [0.15, 0.2) is 11.6 Å². The highest BCUT2D eigenvalue weighted by Crippen LogP contribution is 2.17. The van der Waals surface area contributed by atoms with E-state index in [0.29, 0.717) is 5.75 Å². The van der Waals surface area contributed by atoms with Gasteiger partial charge in [0.25, 0.3) is 0 Å². The summed E-state index contributed by atoms with van der Waals surface area (Å²) >= 11 is 0. The maximum Gasteiger partial charge on any atom is 0.335 e. The summed E-state index contributed by atoms with van der Waals surface area (Å²) < 4.78 is 31.6.